The van der Waals surface area contributed by atoms with E-state index in [9.17, 15) is 0 Å². The number of hydrogen-bond donors (Lipinski definition) is 1. The number of hydrogen-bond acceptors (Lipinski definition) is 7. The van der Waals surface area contributed by atoms with E-state index in [1.807, 2.05) is 34.9 Å². The van der Waals surface area contributed by atoms with Crippen molar-refractivity contribution in [3.05, 3.63) is 58.8 Å². The van der Waals surface area contributed by atoms with Crippen molar-refractivity contribution in [2.45, 2.75) is 23.0 Å². The molecule has 4 rings (SSSR count). The monoisotopic (exact) mass is 485 g/mol. The third kappa shape index (κ3) is 4.36. The summed E-state index contributed by atoms with van der Waals surface area (Å²) in [6.45, 7) is 0.719. The van der Waals surface area contributed by atoms with Crippen LogP contribution in [0, 0.1) is 0 Å². The Balaban J connectivity index is 1.62. The number of ether oxygens (including phenoxy) is 2. The van der Waals surface area contributed by atoms with Crippen LogP contribution >= 0.6 is 27.7 Å². The summed E-state index contributed by atoms with van der Waals surface area (Å²) < 4.78 is 13.8. The molecule has 0 atom stereocenters. The fourth-order valence-corrected chi connectivity index (χ4v) is 4.16. The number of fused-ring (bicyclic) bond motifs is 1. The van der Waals surface area contributed by atoms with Gasteiger partial charge in [0.25, 0.3) is 0 Å². The second-order valence-electron chi connectivity index (χ2n) is 6.50. The van der Waals surface area contributed by atoms with Crippen LogP contribution in [0.3, 0.4) is 0 Å². The quantitative estimate of drug-likeness (QED) is 0.411. The van der Waals surface area contributed by atoms with E-state index in [-0.39, 0.29) is 0 Å². The average Bonchev–Trinajstić information content (AvgIpc) is 3.19. The number of nitrogens with two attached hydrogens (primary N) is 1. The molecule has 2 aliphatic rings. The summed E-state index contributed by atoms with van der Waals surface area (Å²) in [7, 11) is 3.26. The Labute approximate surface area is 187 Å². The third-order valence-electron chi connectivity index (χ3n) is 4.60. The van der Waals surface area contributed by atoms with Gasteiger partial charge in [-0.05, 0) is 54.1 Å². The highest BCUT2D eigenvalue weighted by Crippen LogP contribution is 2.38. The van der Waals surface area contributed by atoms with E-state index >= 15 is 0 Å². The molecule has 9 heteroatoms. The molecule has 2 aromatic rings. The van der Waals surface area contributed by atoms with Crippen LogP contribution in [0.15, 0.2) is 63.3 Å². The second kappa shape index (κ2) is 8.93. The minimum Gasteiger partial charge on any atom is -0.497 e. The summed E-state index contributed by atoms with van der Waals surface area (Å²) in [6, 6.07) is 13.9. The van der Waals surface area contributed by atoms with Gasteiger partial charge in [-0.3, -0.25) is 0 Å². The number of rotatable bonds is 7. The number of methoxy groups -OCH3 is 2. The molecule has 2 heterocycles. The molecule has 0 aliphatic carbocycles. The van der Waals surface area contributed by atoms with Crippen LogP contribution in [0.25, 0.3) is 11.5 Å². The lowest BCUT2D eigenvalue weighted by atomic mass is 10.1. The normalized spacial score (nSPS) is 11.0. The number of nitrogen functional groups attached to an aromatic ring is 1. The molecule has 0 unspecified atom stereocenters. The fraction of sp³-hybridized carbons (Fsp3) is 0.190. The molecule has 0 saturated carbocycles. The van der Waals surface area contributed by atoms with E-state index in [0.29, 0.717) is 22.5 Å². The Bertz CT molecular complexity index is 1130. The Morgan fingerprint density at radius 1 is 1.07 bits per heavy atom. The van der Waals surface area contributed by atoms with Crippen molar-refractivity contribution < 1.29 is 9.47 Å². The van der Waals surface area contributed by atoms with Crippen LogP contribution in [0.1, 0.15) is 5.56 Å². The molecular formula is C21H20BrN5O2S. The van der Waals surface area contributed by atoms with Gasteiger partial charge in [0.15, 0.2) is 22.5 Å². The first-order chi connectivity index (χ1) is 14.6. The molecule has 0 amide bonds. The maximum atomic E-state index is 6.07. The number of benzene rings is 2. The lowest BCUT2D eigenvalue weighted by Crippen LogP contribution is -2.09. The lowest BCUT2D eigenvalue weighted by molar-refractivity contribution is 0.394. The first kappa shape index (κ1) is 20.5. The summed E-state index contributed by atoms with van der Waals surface area (Å²) in [4.78, 5) is 14.5. The molecule has 2 aliphatic heterocycles. The van der Waals surface area contributed by atoms with E-state index in [0.717, 1.165) is 33.8 Å². The number of anilines is 1. The standard InChI is InChI=1S/C21H20BrN5O2S/c1-28-15-7-8-16(29-2)17(11-15)30-21-25-18-19(23)24-12-27(20(18)26-21)10-9-13-3-5-14(22)6-4-13/h3-8,11-12H,9-10,23H2,1-2H3. The molecule has 154 valence electrons. The zero-order chi connectivity index (χ0) is 21.1. The van der Waals surface area contributed by atoms with Crippen molar-refractivity contribution in [2.24, 2.45) is 0 Å². The van der Waals surface area contributed by atoms with Crippen molar-refractivity contribution in [3.63, 3.8) is 0 Å². The topological polar surface area (TPSA) is 88.1 Å². The molecule has 0 saturated heterocycles. The van der Waals surface area contributed by atoms with Gasteiger partial charge in [0.2, 0.25) is 0 Å². The van der Waals surface area contributed by atoms with E-state index < -0.39 is 0 Å². The SMILES string of the molecule is COc1ccc(OC)c(Sc2nc3c(N)ncn(CCc4ccc(Br)cc4)c-3n2)c1. The van der Waals surface area contributed by atoms with Crippen LogP contribution in [0.5, 0.6) is 11.5 Å². The maximum Gasteiger partial charge on any atom is 0.195 e. The van der Waals surface area contributed by atoms with E-state index in [1.54, 1.807) is 20.5 Å². The Morgan fingerprint density at radius 2 is 1.87 bits per heavy atom. The summed E-state index contributed by atoms with van der Waals surface area (Å²) >= 11 is 4.86. The van der Waals surface area contributed by atoms with Gasteiger partial charge >= 0.3 is 0 Å². The molecule has 0 aromatic heterocycles. The molecule has 2 N–H and O–H groups in total. The Hall–Kier alpha value is -2.78. The van der Waals surface area contributed by atoms with Gasteiger partial charge in [-0.2, -0.15) is 0 Å². The number of imidazole rings is 1. The van der Waals surface area contributed by atoms with Crippen molar-refractivity contribution in [1.82, 2.24) is 19.5 Å². The van der Waals surface area contributed by atoms with Gasteiger partial charge < -0.3 is 19.8 Å². The first-order valence-electron chi connectivity index (χ1n) is 9.20. The number of aryl methyl sites for hydroxylation is 2. The number of halogens is 1. The molecular weight excluding hydrogens is 466 g/mol. The number of aromatic nitrogens is 4. The first-order valence-corrected chi connectivity index (χ1v) is 10.8. The minimum absolute atomic E-state index is 0.363. The zero-order valence-corrected chi connectivity index (χ0v) is 18.9. The predicted molar refractivity (Wildman–Crippen MR) is 120 cm³/mol. The third-order valence-corrected chi connectivity index (χ3v) is 6.03. The molecule has 30 heavy (non-hydrogen) atoms. The van der Waals surface area contributed by atoms with Crippen molar-refractivity contribution in [2.75, 3.05) is 20.0 Å². The Morgan fingerprint density at radius 3 is 2.60 bits per heavy atom. The summed E-state index contributed by atoms with van der Waals surface area (Å²) in [5, 5.41) is 0.577. The number of nitrogens with zero attached hydrogens (tertiary/aromatic N) is 4. The summed E-state index contributed by atoms with van der Waals surface area (Å²) in [5.41, 5.74) is 7.89. The van der Waals surface area contributed by atoms with Gasteiger partial charge in [-0.1, -0.05) is 28.1 Å². The summed E-state index contributed by atoms with van der Waals surface area (Å²) in [6.07, 6.45) is 2.56. The summed E-state index contributed by atoms with van der Waals surface area (Å²) in [5.74, 6) is 2.54. The average molecular weight is 486 g/mol. The largest absolute Gasteiger partial charge is 0.497 e. The van der Waals surface area contributed by atoms with E-state index in [1.165, 1.54) is 17.3 Å². The zero-order valence-electron chi connectivity index (χ0n) is 16.5. The van der Waals surface area contributed by atoms with Gasteiger partial charge in [0, 0.05) is 11.0 Å². The van der Waals surface area contributed by atoms with Crippen LogP contribution in [-0.4, -0.2) is 33.7 Å². The van der Waals surface area contributed by atoms with Gasteiger partial charge in [-0.15, -0.1) is 0 Å². The van der Waals surface area contributed by atoms with Crippen LogP contribution in [-0.2, 0) is 13.0 Å². The minimum atomic E-state index is 0.363. The molecule has 0 spiro atoms. The lowest BCUT2D eigenvalue weighted by Gasteiger charge is -2.11. The van der Waals surface area contributed by atoms with Crippen molar-refractivity contribution >= 4 is 33.5 Å². The van der Waals surface area contributed by atoms with Crippen molar-refractivity contribution in [1.29, 1.82) is 0 Å². The predicted octanol–water partition coefficient (Wildman–Crippen LogP) is 4.53. The maximum absolute atomic E-state index is 6.07. The van der Waals surface area contributed by atoms with Crippen LogP contribution in [0.4, 0.5) is 5.82 Å². The van der Waals surface area contributed by atoms with Crippen LogP contribution < -0.4 is 15.2 Å². The highest BCUT2D eigenvalue weighted by atomic mass is 79.9. The highest BCUT2D eigenvalue weighted by Gasteiger charge is 2.20. The smallest absolute Gasteiger partial charge is 0.195 e. The van der Waals surface area contributed by atoms with Gasteiger partial charge in [-0.25, -0.2) is 15.0 Å². The highest BCUT2D eigenvalue weighted by molar-refractivity contribution is 9.10. The Kier molecular flexibility index (Phi) is 6.10. The van der Waals surface area contributed by atoms with Crippen LogP contribution in [0.2, 0.25) is 0 Å². The molecule has 7 nitrogen and oxygen atoms in total. The van der Waals surface area contributed by atoms with Crippen molar-refractivity contribution in [3.8, 4) is 23.0 Å². The molecule has 2 aromatic carbocycles. The molecule has 0 fully saturated rings. The molecule has 0 bridgehead atoms. The van der Waals surface area contributed by atoms with Gasteiger partial charge in [0.1, 0.15) is 11.5 Å². The van der Waals surface area contributed by atoms with E-state index in [4.69, 9.17) is 20.2 Å². The fourth-order valence-electron chi connectivity index (χ4n) is 3.01. The molecule has 0 radical (unpaired) electrons. The second-order valence-corrected chi connectivity index (χ2v) is 8.42. The van der Waals surface area contributed by atoms with Gasteiger partial charge in [0.05, 0.1) is 25.4 Å². The van der Waals surface area contributed by atoms with E-state index in [2.05, 4.69) is 38.0 Å².